The fraction of sp³-hybridized carbons (Fsp3) is 0.444. The lowest BCUT2D eigenvalue weighted by Gasteiger charge is -2.39. The number of ketones is 3. The first-order chi connectivity index (χ1) is 18.9. The van der Waals surface area contributed by atoms with E-state index in [0.717, 1.165) is 6.92 Å². The Bertz CT molecular complexity index is 1450. The van der Waals surface area contributed by atoms with E-state index in [1.54, 1.807) is 6.92 Å². The average Bonchev–Trinajstić information content (AvgIpc) is 2.92. The molecule has 3 unspecified atom stereocenters. The van der Waals surface area contributed by atoms with Gasteiger partial charge in [0.15, 0.2) is 17.9 Å². The van der Waals surface area contributed by atoms with Crippen LogP contribution in [-0.4, -0.2) is 74.0 Å². The molecule has 212 valence electrons. The summed E-state index contributed by atoms with van der Waals surface area (Å²) in [5, 5.41) is 58.2. The van der Waals surface area contributed by atoms with Gasteiger partial charge in [0.05, 0.1) is 42.0 Å². The summed E-state index contributed by atoms with van der Waals surface area (Å²) in [7, 11) is 1.31. The molecular formula is C27H29N3O10. The minimum atomic E-state index is -2.12. The molecule has 0 heterocycles. The zero-order valence-corrected chi connectivity index (χ0v) is 22.0. The van der Waals surface area contributed by atoms with Gasteiger partial charge in [-0.05, 0) is 24.9 Å². The summed E-state index contributed by atoms with van der Waals surface area (Å²) in [5.41, 5.74) is 5.13. The highest BCUT2D eigenvalue weighted by Gasteiger charge is 2.48. The number of phenolic OH excluding ortho intramolecular Hbond substituents is 2. The van der Waals surface area contributed by atoms with E-state index < -0.39 is 83.0 Å². The van der Waals surface area contributed by atoms with E-state index in [1.807, 2.05) is 0 Å². The number of aliphatic hydroxyl groups excluding tert-OH is 2. The molecule has 2 aliphatic rings. The second-order valence-electron chi connectivity index (χ2n) is 9.91. The van der Waals surface area contributed by atoms with E-state index in [0.29, 0.717) is 0 Å². The van der Waals surface area contributed by atoms with Crippen LogP contribution in [0, 0.1) is 0 Å². The minimum Gasteiger partial charge on any atom is -0.507 e. The predicted molar refractivity (Wildman–Crippen MR) is 137 cm³/mol. The molecule has 13 nitrogen and oxygen atoms in total. The van der Waals surface area contributed by atoms with E-state index in [2.05, 4.69) is 10.0 Å². The van der Waals surface area contributed by atoms with Gasteiger partial charge in [0, 0.05) is 40.9 Å². The van der Waals surface area contributed by atoms with Crippen LogP contribution in [0.15, 0.2) is 23.3 Å². The van der Waals surface area contributed by atoms with Gasteiger partial charge < -0.3 is 35.0 Å². The summed E-state index contributed by atoms with van der Waals surface area (Å²) < 4.78 is 10.9. The summed E-state index contributed by atoms with van der Waals surface area (Å²) >= 11 is 0. The Hall–Kier alpha value is -4.00. The zero-order valence-electron chi connectivity index (χ0n) is 22.0. The molecule has 0 saturated heterocycles. The number of azide groups is 1. The standard InChI is InChI=1S/C27H29N3O10/c1-4-15(32)14(29-30-28)8-18(33)40-17-10-27(38,11(2)31)9-13-20(17)26(37)22-21(24(13)35)23(34)12-6-5-7-16(39-3)19(12)25(22)36/h5-7,14-15,17-18,32-33,35,37-38H,4,8-10H2,1-3H3/t14?,15?,17-,18?,27-/m0/s1. The van der Waals surface area contributed by atoms with E-state index >= 15 is 0 Å². The van der Waals surface area contributed by atoms with Gasteiger partial charge in [0.25, 0.3) is 0 Å². The van der Waals surface area contributed by atoms with Gasteiger partial charge in [-0.3, -0.25) is 14.4 Å². The van der Waals surface area contributed by atoms with Gasteiger partial charge in [0.2, 0.25) is 5.78 Å². The molecule has 0 fully saturated rings. The Morgan fingerprint density at radius 3 is 2.45 bits per heavy atom. The van der Waals surface area contributed by atoms with Crippen molar-refractivity contribution in [1.29, 1.82) is 0 Å². The molecule has 0 aromatic heterocycles. The van der Waals surface area contributed by atoms with Crippen molar-refractivity contribution in [2.45, 2.75) is 69.7 Å². The molecule has 0 saturated carbocycles. The number of nitrogens with zero attached hydrogens (tertiary/aromatic N) is 3. The highest BCUT2D eigenvalue weighted by atomic mass is 16.6. The summed E-state index contributed by atoms with van der Waals surface area (Å²) in [6.45, 7) is 2.75. The number of hydrogen-bond acceptors (Lipinski definition) is 11. The largest absolute Gasteiger partial charge is 0.507 e. The van der Waals surface area contributed by atoms with Crippen LogP contribution in [0.3, 0.4) is 0 Å². The van der Waals surface area contributed by atoms with Crippen molar-refractivity contribution in [3.05, 3.63) is 62.0 Å². The van der Waals surface area contributed by atoms with Crippen LogP contribution in [0.25, 0.3) is 10.4 Å². The fourth-order valence-corrected chi connectivity index (χ4v) is 5.37. The Morgan fingerprint density at radius 2 is 1.85 bits per heavy atom. The van der Waals surface area contributed by atoms with Crippen LogP contribution in [-0.2, 0) is 16.0 Å². The van der Waals surface area contributed by atoms with Crippen molar-refractivity contribution in [2.75, 3.05) is 7.11 Å². The molecule has 2 aromatic rings. The highest BCUT2D eigenvalue weighted by molar-refractivity contribution is 6.31. The van der Waals surface area contributed by atoms with Crippen LogP contribution >= 0.6 is 0 Å². The van der Waals surface area contributed by atoms with Gasteiger partial charge >= 0.3 is 0 Å². The maximum atomic E-state index is 13.6. The number of aromatic hydroxyl groups is 2. The van der Waals surface area contributed by atoms with E-state index in [-0.39, 0.29) is 40.8 Å². The number of ether oxygens (including phenoxy) is 2. The van der Waals surface area contributed by atoms with Crippen LogP contribution < -0.4 is 4.74 Å². The Kier molecular flexibility index (Phi) is 7.88. The van der Waals surface area contributed by atoms with Gasteiger partial charge in [0.1, 0.15) is 22.8 Å². The number of aliphatic hydroxyl groups is 3. The van der Waals surface area contributed by atoms with Gasteiger partial charge in [-0.1, -0.05) is 24.2 Å². The summed E-state index contributed by atoms with van der Waals surface area (Å²) in [6.07, 6.45) is -5.48. The van der Waals surface area contributed by atoms with Crippen molar-refractivity contribution in [3.8, 4) is 17.2 Å². The number of carbonyl (C=O) groups is 3. The lowest BCUT2D eigenvalue weighted by molar-refractivity contribution is -0.172. The van der Waals surface area contributed by atoms with E-state index in [4.69, 9.17) is 15.0 Å². The second-order valence-corrected chi connectivity index (χ2v) is 9.91. The maximum Gasteiger partial charge on any atom is 0.202 e. The fourth-order valence-electron chi connectivity index (χ4n) is 5.37. The monoisotopic (exact) mass is 555 g/mol. The van der Waals surface area contributed by atoms with Crippen molar-refractivity contribution < 1.29 is 49.4 Å². The number of methoxy groups -OCH3 is 1. The molecule has 0 bridgehead atoms. The van der Waals surface area contributed by atoms with Crippen molar-refractivity contribution >= 4 is 17.3 Å². The number of fused-ring (bicyclic) bond motifs is 3. The molecule has 0 amide bonds. The van der Waals surface area contributed by atoms with Crippen molar-refractivity contribution in [2.24, 2.45) is 5.11 Å². The Labute approximate surface area is 228 Å². The number of carbonyl (C=O) groups excluding carboxylic acids is 3. The normalized spacial score (nSPS) is 21.8. The number of benzene rings is 2. The SMILES string of the molecule is CCC(O)C(CC(O)O[C@H]1C[C@](O)(C(C)=O)Cc2c(O)c3c(c(O)c21)C(=O)c1c(OC)cccc1C3=O)N=[N+]=[N-]. The Morgan fingerprint density at radius 1 is 1.18 bits per heavy atom. The minimum absolute atomic E-state index is 0.0640. The number of phenols is 2. The summed E-state index contributed by atoms with van der Waals surface area (Å²) in [6, 6.07) is 3.23. The topological polar surface area (TPSA) is 220 Å². The number of rotatable bonds is 9. The molecule has 2 aromatic carbocycles. The van der Waals surface area contributed by atoms with E-state index in [9.17, 15) is 39.9 Å². The number of hydrogen-bond donors (Lipinski definition) is 5. The summed E-state index contributed by atoms with van der Waals surface area (Å²) in [5.74, 6) is -3.65. The maximum absolute atomic E-state index is 13.6. The van der Waals surface area contributed by atoms with Gasteiger partial charge in [-0.2, -0.15) is 0 Å². The smallest absolute Gasteiger partial charge is 0.202 e. The summed E-state index contributed by atoms with van der Waals surface area (Å²) in [4.78, 5) is 42.2. The first-order valence-corrected chi connectivity index (χ1v) is 12.6. The second kappa shape index (κ2) is 10.9. The molecular weight excluding hydrogens is 526 g/mol. The molecule has 0 radical (unpaired) electrons. The van der Waals surface area contributed by atoms with Gasteiger partial charge in [-0.15, -0.1) is 0 Å². The lowest BCUT2D eigenvalue weighted by atomic mass is 9.72. The molecule has 5 N–H and O–H groups in total. The quantitative estimate of drug-likeness (QED) is 0.0852. The third kappa shape index (κ3) is 4.67. The molecule has 5 atom stereocenters. The first-order valence-electron chi connectivity index (χ1n) is 12.6. The van der Waals surface area contributed by atoms with Crippen molar-refractivity contribution in [3.63, 3.8) is 0 Å². The average molecular weight is 556 g/mol. The Balaban J connectivity index is 1.87. The highest BCUT2D eigenvalue weighted by Crippen LogP contribution is 2.52. The third-order valence-corrected chi connectivity index (χ3v) is 7.56. The lowest BCUT2D eigenvalue weighted by Crippen LogP contribution is -2.45. The first kappa shape index (κ1) is 29.0. The molecule has 4 rings (SSSR count). The number of Topliss-reactive ketones (excluding diaryl/α,β-unsaturated/α-hetero) is 1. The molecule has 2 aliphatic carbocycles. The van der Waals surface area contributed by atoms with Crippen molar-refractivity contribution in [1.82, 2.24) is 0 Å². The zero-order chi connectivity index (χ0) is 29.5. The molecule has 0 aliphatic heterocycles. The van der Waals surface area contributed by atoms with Crippen LogP contribution in [0.1, 0.15) is 82.2 Å². The molecule has 40 heavy (non-hydrogen) atoms. The third-order valence-electron chi connectivity index (χ3n) is 7.56. The predicted octanol–water partition coefficient (Wildman–Crippen LogP) is 2.36. The van der Waals surface area contributed by atoms with Crippen LogP contribution in [0.2, 0.25) is 0 Å². The van der Waals surface area contributed by atoms with Crippen LogP contribution in [0.5, 0.6) is 17.2 Å². The molecule has 0 spiro atoms. The molecule has 13 heteroatoms. The van der Waals surface area contributed by atoms with E-state index in [1.165, 1.54) is 25.3 Å². The van der Waals surface area contributed by atoms with Crippen LogP contribution in [0.4, 0.5) is 0 Å². The van der Waals surface area contributed by atoms with Gasteiger partial charge in [-0.25, -0.2) is 0 Å².